The van der Waals surface area contributed by atoms with Crippen LogP contribution in [-0.4, -0.2) is 5.03 Å². The number of nitro groups is 1. The van der Waals surface area contributed by atoms with E-state index >= 15 is 0 Å². The number of hydrogen-bond acceptors (Lipinski definition) is 2. The van der Waals surface area contributed by atoms with Gasteiger partial charge in [0.1, 0.15) is 5.69 Å². The lowest BCUT2D eigenvalue weighted by atomic mass is 10.1. The molecule has 0 amide bonds. The first kappa shape index (κ1) is 8.50. The van der Waals surface area contributed by atoms with Crippen LogP contribution in [-0.2, 0) is 0 Å². The quantitative estimate of drug-likeness (QED) is 0.581. The number of benzene rings is 2. The third-order valence-electron chi connectivity index (χ3n) is 1.97. The van der Waals surface area contributed by atoms with Crippen LogP contribution in [0.25, 0.3) is 10.8 Å². The second kappa shape index (κ2) is 3.33. The molecule has 0 aliphatic carbocycles. The summed E-state index contributed by atoms with van der Waals surface area (Å²) >= 11 is 0. The van der Waals surface area contributed by atoms with Crippen LogP contribution in [0.5, 0.6) is 0 Å². The van der Waals surface area contributed by atoms with Gasteiger partial charge >= 0.3 is 0 Å². The first-order valence-corrected chi connectivity index (χ1v) is 4.15. The lowest BCUT2D eigenvalue weighted by Crippen LogP contribution is -2.07. The van der Waals surface area contributed by atoms with E-state index in [0.29, 0.717) is 5.69 Å². The molecule has 4 heteroatoms. The Hall–Kier alpha value is -2.10. The predicted octanol–water partition coefficient (Wildman–Crippen LogP) is 2.44. The fourth-order valence-electron chi connectivity index (χ4n) is 1.36. The smallest absolute Gasteiger partial charge is 0.162 e. The van der Waals surface area contributed by atoms with Gasteiger partial charge in [0, 0.05) is 0 Å². The Balaban J connectivity index is 2.46. The molecule has 0 atom stereocenters. The van der Waals surface area contributed by atoms with Crippen molar-refractivity contribution in [1.29, 1.82) is 0 Å². The maximum absolute atomic E-state index is 10.2. The Bertz CT molecular complexity index is 482. The highest BCUT2D eigenvalue weighted by Crippen LogP contribution is 2.18. The number of hydrogen-bond donors (Lipinski definition) is 1. The van der Waals surface area contributed by atoms with Gasteiger partial charge < -0.3 is 0 Å². The van der Waals surface area contributed by atoms with Crippen molar-refractivity contribution in [2.24, 2.45) is 0 Å². The normalized spacial score (nSPS) is 10.0. The van der Waals surface area contributed by atoms with Gasteiger partial charge in [0.05, 0.1) is 0 Å². The number of rotatable bonds is 2. The summed E-state index contributed by atoms with van der Waals surface area (Å²) in [4.78, 5) is 10.2. The number of fused-ring (bicyclic) bond motifs is 1. The van der Waals surface area contributed by atoms with Gasteiger partial charge in [-0.2, -0.15) is 0 Å². The van der Waals surface area contributed by atoms with E-state index in [2.05, 4.69) is 5.43 Å². The summed E-state index contributed by atoms with van der Waals surface area (Å²) < 4.78 is 0. The van der Waals surface area contributed by atoms with Crippen molar-refractivity contribution in [3.63, 3.8) is 0 Å². The van der Waals surface area contributed by atoms with Crippen molar-refractivity contribution in [1.82, 2.24) is 0 Å². The molecule has 0 heterocycles. The minimum absolute atomic E-state index is 0.494. The van der Waals surface area contributed by atoms with Crippen LogP contribution in [0.3, 0.4) is 0 Å². The fraction of sp³-hybridized carbons (Fsp3) is 0. The van der Waals surface area contributed by atoms with E-state index < -0.39 is 5.03 Å². The number of anilines is 1. The number of hydrazine groups is 1. The molecule has 0 saturated carbocycles. The van der Waals surface area contributed by atoms with E-state index in [9.17, 15) is 10.1 Å². The second-order valence-electron chi connectivity index (χ2n) is 2.93. The predicted molar refractivity (Wildman–Crippen MR) is 54.6 cm³/mol. The lowest BCUT2D eigenvalue weighted by Gasteiger charge is -1.99. The number of nitrogens with zero attached hydrogens (tertiary/aromatic N) is 1. The highest BCUT2D eigenvalue weighted by atomic mass is 16.7. The monoisotopic (exact) mass is 188 g/mol. The van der Waals surface area contributed by atoms with Gasteiger partial charge in [0.2, 0.25) is 0 Å². The minimum Gasteiger partial charge on any atom is -0.235 e. The van der Waals surface area contributed by atoms with E-state index in [1.807, 2.05) is 30.3 Å². The zero-order chi connectivity index (χ0) is 9.97. The average Bonchev–Trinajstić information content (AvgIpc) is 2.17. The molecular weight excluding hydrogens is 180 g/mol. The molecule has 0 radical (unpaired) electrons. The Kier molecular flexibility index (Phi) is 2.02. The van der Waals surface area contributed by atoms with Crippen LogP contribution in [0.2, 0.25) is 0 Å². The molecular formula is C10H8N2O2. The van der Waals surface area contributed by atoms with Crippen LogP contribution < -0.4 is 5.43 Å². The summed E-state index contributed by atoms with van der Waals surface area (Å²) in [5, 5.41) is 11.7. The summed E-state index contributed by atoms with van der Waals surface area (Å²) in [6.45, 7) is 0. The van der Waals surface area contributed by atoms with Crippen LogP contribution in [0.15, 0.2) is 42.5 Å². The van der Waals surface area contributed by atoms with E-state index in [1.54, 1.807) is 12.1 Å². The van der Waals surface area contributed by atoms with E-state index in [4.69, 9.17) is 0 Å². The molecule has 0 aliphatic heterocycles. The lowest BCUT2D eigenvalue weighted by molar-refractivity contribution is -0.445. The molecule has 4 nitrogen and oxygen atoms in total. The van der Waals surface area contributed by atoms with Gasteiger partial charge in [-0.1, -0.05) is 30.3 Å². The van der Waals surface area contributed by atoms with Gasteiger partial charge in [0.25, 0.3) is 0 Å². The van der Waals surface area contributed by atoms with E-state index in [1.165, 1.54) is 0 Å². The molecule has 0 aliphatic rings. The van der Waals surface area contributed by atoms with Gasteiger partial charge in [-0.15, -0.1) is 5.43 Å². The van der Waals surface area contributed by atoms with Gasteiger partial charge in [-0.05, 0) is 22.9 Å². The SMILES string of the molecule is O=[N+]([O-])Nc1ccc2ccccc2c1. The minimum atomic E-state index is -0.565. The summed E-state index contributed by atoms with van der Waals surface area (Å²) in [6.07, 6.45) is 0. The van der Waals surface area contributed by atoms with E-state index in [0.717, 1.165) is 10.8 Å². The number of nitrogens with one attached hydrogen (secondary N) is 1. The van der Waals surface area contributed by atoms with Crippen molar-refractivity contribution in [3.8, 4) is 0 Å². The molecule has 0 aromatic heterocycles. The van der Waals surface area contributed by atoms with Crippen LogP contribution >= 0.6 is 0 Å². The van der Waals surface area contributed by atoms with Crippen molar-refractivity contribution in [3.05, 3.63) is 52.6 Å². The molecule has 1 N–H and O–H groups in total. The van der Waals surface area contributed by atoms with Crippen molar-refractivity contribution in [2.75, 3.05) is 5.43 Å². The second-order valence-corrected chi connectivity index (χ2v) is 2.93. The van der Waals surface area contributed by atoms with Gasteiger partial charge in [0.15, 0.2) is 5.03 Å². The van der Waals surface area contributed by atoms with Crippen molar-refractivity contribution < 1.29 is 5.03 Å². The maximum Gasteiger partial charge on any atom is 0.162 e. The Morgan fingerprint density at radius 3 is 2.50 bits per heavy atom. The van der Waals surface area contributed by atoms with Crippen LogP contribution in [0.1, 0.15) is 0 Å². The molecule has 2 aromatic rings. The zero-order valence-corrected chi connectivity index (χ0v) is 7.31. The van der Waals surface area contributed by atoms with Gasteiger partial charge in [-0.3, -0.25) is 0 Å². The molecule has 2 rings (SSSR count). The standard InChI is InChI=1S/C10H8N2O2/c13-12(14)11-10-6-5-8-3-1-2-4-9(8)7-10/h1-7,11H. The van der Waals surface area contributed by atoms with Gasteiger partial charge in [-0.25, -0.2) is 10.1 Å². The summed E-state index contributed by atoms with van der Waals surface area (Å²) in [6, 6.07) is 13.0. The summed E-state index contributed by atoms with van der Waals surface area (Å²) in [5.74, 6) is 0. The van der Waals surface area contributed by atoms with Crippen molar-refractivity contribution in [2.45, 2.75) is 0 Å². The highest BCUT2D eigenvalue weighted by molar-refractivity contribution is 5.85. The fourth-order valence-corrected chi connectivity index (χ4v) is 1.36. The zero-order valence-electron chi connectivity index (χ0n) is 7.31. The molecule has 0 spiro atoms. The molecule has 0 fully saturated rings. The molecule has 0 bridgehead atoms. The summed E-state index contributed by atoms with van der Waals surface area (Å²) in [5.41, 5.74) is 2.61. The molecule has 2 aromatic carbocycles. The molecule has 70 valence electrons. The van der Waals surface area contributed by atoms with Crippen molar-refractivity contribution >= 4 is 16.5 Å². The first-order valence-electron chi connectivity index (χ1n) is 4.15. The first-order chi connectivity index (χ1) is 6.75. The van der Waals surface area contributed by atoms with Crippen LogP contribution in [0, 0.1) is 10.1 Å². The summed E-state index contributed by atoms with van der Waals surface area (Å²) in [7, 11) is 0. The molecule has 0 saturated heterocycles. The highest BCUT2D eigenvalue weighted by Gasteiger charge is 1.99. The Morgan fingerprint density at radius 1 is 1.07 bits per heavy atom. The maximum atomic E-state index is 10.2. The largest absolute Gasteiger partial charge is 0.235 e. The average molecular weight is 188 g/mol. The molecule has 0 unspecified atom stereocenters. The Labute approximate surface area is 80.3 Å². The van der Waals surface area contributed by atoms with E-state index in [-0.39, 0.29) is 0 Å². The molecule has 14 heavy (non-hydrogen) atoms. The third kappa shape index (κ3) is 1.64. The topological polar surface area (TPSA) is 55.2 Å². The van der Waals surface area contributed by atoms with Crippen LogP contribution in [0.4, 0.5) is 5.69 Å². The Morgan fingerprint density at radius 2 is 1.79 bits per heavy atom. The third-order valence-corrected chi connectivity index (χ3v) is 1.97.